The molecular formula is C40H41F3N6O6. The third-order valence-electron chi connectivity index (χ3n) is 11.3. The molecule has 4 atom stereocenters. The van der Waals surface area contributed by atoms with Crippen molar-refractivity contribution < 1.29 is 42.1 Å². The fourth-order valence-corrected chi connectivity index (χ4v) is 8.90. The Labute approximate surface area is 315 Å². The van der Waals surface area contributed by atoms with Crippen LogP contribution in [0.5, 0.6) is 11.8 Å². The number of benzene rings is 2. The van der Waals surface area contributed by atoms with E-state index in [2.05, 4.69) is 20.8 Å². The summed E-state index contributed by atoms with van der Waals surface area (Å²) in [6.07, 6.45) is 9.06. The minimum absolute atomic E-state index is 0.0740. The number of esters is 1. The summed E-state index contributed by atoms with van der Waals surface area (Å²) in [4.78, 5) is 44.7. The zero-order valence-corrected chi connectivity index (χ0v) is 30.6. The molecule has 0 aliphatic carbocycles. The topological polar surface area (TPSA) is 130 Å². The normalized spacial score (nSPS) is 23.4. The molecule has 2 aromatic carbocycles. The zero-order chi connectivity index (χ0) is 38.6. The van der Waals surface area contributed by atoms with E-state index in [1.807, 2.05) is 18.7 Å². The molecule has 4 fully saturated rings. The summed E-state index contributed by atoms with van der Waals surface area (Å²) in [7, 11) is 0. The summed E-state index contributed by atoms with van der Waals surface area (Å²) in [6, 6.07) is 4.63. The van der Waals surface area contributed by atoms with Crippen molar-refractivity contribution in [2.45, 2.75) is 76.2 Å². The number of piperazine rings is 1. The number of rotatable bonds is 9. The molecule has 0 saturated carbocycles. The summed E-state index contributed by atoms with van der Waals surface area (Å²) in [6.45, 7) is 5.10. The molecule has 6 heterocycles. The molecule has 1 N–H and O–H groups in total. The Morgan fingerprint density at radius 2 is 1.89 bits per heavy atom. The highest BCUT2D eigenvalue weighted by Gasteiger charge is 2.50. The van der Waals surface area contributed by atoms with Gasteiger partial charge in [-0.2, -0.15) is 9.97 Å². The molecular weight excluding hydrogens is 717 g/mol. The number of ether oxygens (including phenoxy) is 3. The second-order valence-corrected chi connectivity index (χ2v) is 15.4. The number of hydrogen-bond donors (Lipinski definition) is 1. The number of nitrogens with zero attached hydrogens (tertiary/aromatic N) is 6. The summed E-state index contributed by atoms with van der Waals surface area (Å²) in [5, 5.41) is 11.5. The van der Waals surface area contributed by atoms with Crippen LogP contribution in [-0.4, -0.2) is 105 Å². The summed E-state index contributed by atoms with van der Waals surface area (Å²) in [5.41, 5.74) is -0.906. The third-order valence-corrected chi connectivity index (χ3v) is 11.3. The monoisotopic (exact) mass is 758 g/mol. The first-order chi connectivity index (χ1) is 26.4. The van der Waals surface area contributed by atoms with Crippen LogP contribution in [0.1, 0.15) is 57.9 Å². The molecule has 0 spiro atoms. The molecule has 4 aliphatic heterocycles. The molecule has 12 nitrogen and oxygen atoms in total. The Morgan fingerprint density at radius 1 is 1.11 bits per heavy atom. The van der Waals surface area contributed by atoms with E-state index >= 15 is 4.39 Å². The molecule has 4 aliphatic rings. The summed E-state index contributed by atoms with van der Waals surface area (Å²) in [5.74, 6) is 0.579. The van der Waals surface area contributed by atoms with E-state index in [1.165, 1.54) is 30.5 Å². The van der Waals surface area contributed by atoms with Gasteiger partial charge < -0.3 is 24.2 Å². The summed E-state index contributed by atoms with van der Waals surface area (Å²) < 4.78 is 63.3. The predicted molar refractivity (Wildman–Crippen MR) is 196 cm³/mol. The van der Waals surface area contributed by atoms with Crippen molar-refractivity contribution in [3.63, 3.8) is 0 Å². The van der Waals surface area contributed by atoms with Gasteiger partial charge in [0, 0.05) is 49.6 Å². The van der Waals surface area contributed by atoms with Crippen LogP contribution >= 0.6 is 0 Å². The van der Waals surface area contributed by atoms with E-state index in [1.54, 1.807) is 4.90 Å². The maximum Gasteiger partial charge on any atom is 0.413 e. The second kappa shape index (κ2) is 14.4. The van der Waals surface area contributed by atoms with Crippen LogP contribution in [0.15, 0.2) is 30.5 Å². The van der Waals surface area contributed by atoms with Gasteiger partial charge in [0.1, 0.15) is 41.4 Å². The van der Waals surface area contributed by atoms with Crippen LogP contribution < -0.4 is 9.64 Å². The van der Waals surface area contributed by atoms with Crippen LogP contribution in [0, 0.1) is 29.9 Å². The van der Waals surface area contributed by atoms with E-state index in [0.717, 1.165) is 19.4 Å². The van der Waals surface area contributed by atoms with Crippen LogP contribution in [0.2, 0.25) is 0 Å². The number of fused-ring (bicyclic) bond motifs is 5. The number of anilines is 1. The highest BCUT2D eigenvalue weighted by Crippen LogP contribution is 2.42. The minimum atomic E-state index is -0.983. The maximum atomic E-state index is 17.0. The lowest BCUT2D eigenvalue weighted by Gasteiger charge is -2.41. The number of aromatic nitrogens is 3. The average Bonchev–Trinajstić information content (AvgIpc) is 3.76. The maximum absolute atomic E-state index is 17.0. The highest BCUT2D eigenvalue weighted by molar-refractivity contribution is 6.03. The molecule has 4 saturated heterocycles. The van der Waals surface area contributed by atoms with E-state index in [-0.39, 0.29) is 75.9 Å². The number of terminal acetylenes is 1. The van der Waals surface area contributed by atoms with Gasteiger partial charge in [-0.25, -0.2) is 18.0 Å². The summed E-state index contributed by atoms with van der Waals surface area (Å²) >= 11 is 0. The number of hydrogen-bond acceptors (Lipinski definition) is 11. The van der Waals surface area contributed by atoms with Crippen molar-refractivity contribution in [1.29, 1.82) is 0 Å². The largest absolute Gasteiger partial charge is 0.508 e. The van der Waals surface area contributed by atoms with Gasteiger partial charge in [-0.15, -0.1) is 6.42 Å². The Hall–Kier alpha value is -5.36. The van der Waals surface area contributed by atoms with E-state index in [4.69, 9.17) is 25.6 Å². The average molecular weight is 759 g/mol. The standard InChI is InChI=1S/C40H41F3N6O6/c1-4-28-31(42)9-6-23-13-27(50)14-29(33(23)28)35-34(43)36-30(16-44-35)37(46-38(45-36)53-20-40-10-5-11-48(40)17-24(41)15-40)47-18-25-7-8-26(19-47)49(25)39(52)55-21-54-32(51)12-22(2)3/h1,6,9,13-14,16,22,24-26,50H,5,7-8,10-12,15,17-21H2,2-3H3/t24-,25?,26?,40+/m1/s1. The number of carbonyl (C=O) groups excluding carboxylic acids is 2. The van der Waals surface area contributed by atoms with Crippen molar-refractivity contribution >= 4 is 39.6 Å². The lowest BCUT2D eigenvalue weighted by atomic mass is 9.95. The Kier molecular flexibility index (Phi) is 9.57. The molecule has 1 amide bonds. The van der Waals surface area contributed by atoms with Crippen molar-refractivity contribution in [1.82, 2.24) is 24.8 Å². The van der Waals surface area contributed by atoms with Crippen LogP contribution in [0.25, 0.3) is 32.9 Å². The molecule has 288 valence electrons. The first-order valence-corrected chi connectivity index (χ1v) is 18.6. The number of phenolic OH excluding ortho intramolecular Hbond substituents is 1. The highest BCUT2D eigenvalue weighted by atomic mass is 19.1. The quantitative estimate of drug-likeness (QED) is 0.121. The SMILES string of the molecule is C#Cc1c(F)ccc2cc(O)cc(-c3ncc4c(N5CC6CCC(C5)N6C(=O)OCOC(=O)CC(C)C)nc(OC[C@@]56CCCN5C[C@H](F)C6)nc4c3F)c12. The molecule has 4 aromatic rings. The van der Waals surface area contributed by atoms with Gasteiger partial charge in [0.15, 0.2) is 5.82 Å². The van der Waals surface area contributed by atoms with E-state index in [9.17, 15) is 23.5 Å². The fraction of sp³-hybridized carbons (Fsp3) is 0.475. The van der Waals surface area contributed by atoms with Gasteiger partial charge in [0.05, 0.1) is 28.6 Å². The van der Waals surface area contributed by atoms with E-state index in [0.29, 0.717) is 50.1 Å². The first kappa shape index (κ1) is 36.6. The molecule has 2 unspecified atom stereocenters. The second-order valence-electron chi connectivity index (χ2n) is 15.4. The molecule has 2 bridgehead atoms. The van der Waals surface area contributed by atoms with Crippen molar-refractivity contribution in [3.05, 3.63) is 47.7 Å². The number of carbonyl (C=O) groups is 2. The van der Waals surface area contributed by atoms with Crippen molar-refractivity contribution in [2.75, 3.05) is 44.5 Å². The smallest absolute Gasteiger partial charge is 0.413 e. The zero-order valence-electron chi connectivity index (χ0n) is 30.6. The van der Waals surface area contributed by atoms with Crippen molar-refractivity contribution in [3.8, 4) is 35.4 Å². The number of halogens is 3. The molecule has 8 rings (SSSR count). The van der Waals surface area contributed by atoms with Crippen molar-refractivity contribution in [2.24, 2.45) is 5.92 Å². The minimum Gasteiger partial charge on any atom is -0.508 e. The van der Waals surface area contributed by atoms with Gasteiger partial charge in [-0.3, -0.25) is 19.6 Å². The van der Waals surface area contributed by atoms with Crippen LogP contribution in [-0.2, 0) is 14.3 Å². The van der Waals surface area contributed by atoms with Crippen LogP contribution in [0.4, 0.5) is 23.8 Å². The number of alkyl halides is 1. The predicted octanol–water partition coefficient (Wildman–Crippen LogP) is 6.10. The number of pyridine rings is 1. The lowest BCUT2D eigenvalue weighted by molar-refractivity contribution is -0.153. The van der Waals surface area contributed by atoms with Gasteiger partial charge in [0.2, 0.25) is 6.79 Å². The molecule has 2 aromatic heterocycles. The number of amides is 1. The van der Waals surface area contributed by atoms with Gasteiger partial charge >= 0.3 is 18.1 Å². The number of phenols is 1. The van der Waals surface area contributed by atoms with Crippen LogP contribution in [0.3, 0.4) is 0 Å². The number of aromatic hydroxyl groups is 1. The Bertz CT molecular complexity index is 2220. The van der Waals surface area contributed by atoms with Gasteiger partial charge in [-0.1, -0.05) is 25.8 Å². The third kappa shape index (κ3) is 6.70. The molecule has 0 radical (unpaired) electrons. The molecule has 55 heavy (non-hydrogen) atoms. The first-order valence-electron chi connectivity index (χ1n) is 18.6. The Balaban J connectivity index is 1.15. The fourth-order valence-electron chi connectivity index (χ4n) is 8.90. The molecule has 15 heteroatoms. The van der Waals surface area contributed by atoms with Gasteiger partial charge in [0.25, 0.3) is 0 Å². The van der Waals surface area contributed by atoms with E-state index < -0.39 is 42.2 Å². The van der Waals surface area contributed by atoms with Gasteiger partial charge in [-0.05, 0) is 61.7 Å². The Morgan fingerprint density at radius 3 is 2.64 bits per heavy atom. The lowest BCUT2D eigenvalue weighted by Crippen LogP contribution is -2.56.